The maximum absolute atomic E-state index is 6.64. The number of hydrogen-bond acceptors (Lipinski definition) is 4. The summed E-state index contributed by atoms with van der Waals surface area (Å²) in [4.78, 5) is 0. The molecule has 0 saturated carbocycles. The van der Waals surface area contributed by atoms with Crippen LogP contribution in [-0.2, 0) is 5.41 Å². The molecule has 2 atom stereocenters. The second kappa shape index (κ2) is 14.7. The summed E-state index contributed by atoms with van der Waals surface area (Å²) in [6, 6.07) is 83.9. The van der Waals surface area contributed by atoms with Gasteiger partial charge in [-0.25, -0.2) is 0 Å². The number of hydrogen-bond donors (Lipinski definition) is 2. The Hall–Kier alpha value is -8.60. The first-order chi connectivity index (χ1) is 33.2. The van der Waals surface area contributed by atoms with Crippen molar-refractivity contribution in [2.45, 2.75) is 17.9 Å². The lowest BCUT2D eigenvalue weighted by Gasteiger charge is -2.32. The van der Waals surface area contributed by atoms with Gasteiger partial charge in [0.2, 0.25) is 0 Å². The van der Waals surface area contributed by atoms with Gasteiger partial charge >= 0.3 is 0 Å². The molecule has 4 heteroatoms. The standard InChI is InChI=1S/C63H42N2O2/c1-3-11-39(12-4-1)41-19-23-43(24-20-41)45-27-31-49-50-32-28-46(44-25-21-42(22-26-44)40-13-5-2-6-14-40)36-54(50)63(53(49)35-45)55-37-47(61-64-57-15-7-9-17-59(57)66-61)29-33-51(55)52-34-30-48(38-56(52)63)62-65-58-16-8-10-18-60(58)67-62/h1-38,61-62,64-65H. The van der Waals surface area contributed by atoms with E-state index in [1.54, 1.807) is 0 Å². The van der Waals surface area contributed by atoms with Crippen molar-refractivity contribution in [2.75, 3.05) is 10.6 Å². The maximum Gasteiger partial charge on any atom is 0.196 e. The van der Waals surface area contributed by atoms with E-state index in [0.717, 1.165) is 34.0 Å². The average Bonchev–Trinajstić information content (AvgIpc) is 4.17. The topological polar surface area (TPSA) is 42.5 Å². The Labute approximate surface area is 389 Å². The summed E-state index contributed by atoms with van der Waals surface area (Å²) in [5.41, 5.74) is 23.0. The van der Waals surface area contributed by atoms with E-state index in [1.165, 1.54) is 89.0 Å². The van der Waals surface area contributed by atoms with E-state index in [2.05, 4.69) is 217 Å². The molecule has 67 heavy (non-hydrogen) atoms. The highest BCUT2D eigenvalue weighted by Gasteiger charge is 2.53. The summed E-state index contributed by atoms with van der Waals surface area (Å²) < 4.78 is 13.3. The summed E-state index contributed by atoms with van der Waals surface area (Å²) in [7, 11) is 0. The quantitative estimate of drug-likeness (QED) is 0.175. The molecule has 10 aromatic carbocycles. The fourth-order valence-corrected chi connectivity index (χ4v) is 11.2. The summed E-state index contributed by atoms with van der Waals surface area (Å²) in [6.45, 7) is 0. The number of para-hydroxylation sites is 4. The molecule has 0 amide bonds. The predicted molar refractivity (Wildman–Crippen MR) is 271 cm³/mol. The van der Waals surface area contributed by atoms with Gasteiger partial charge in [-0.05, 0) is 138 Å². The Bertz CT molecular complexity index is 3290. The summed E-state index contributed by atoms with van der Waals surface area (Å²) in [5.74, 6) is 1.73. The summed E-state index contributed by atoms with van der Waals surface area (Å²) in [6.07, 6.45) is -0.671. The molecule has 0 aromatic heterocycles. The molecule has 316 valence electrons. The molecular formula is C63H42N2O2. The zero-order chi connectivity index (χ0) is 44.1. The highest BCUT2D eigenvalue weighted by Crippen LogP contribution is 2.64. The monoisotopic (exact) mass is 858 g/mol. The van der Waals surface area contributed by atoms with E-state index in [1.807, 2.05) is 24.3 Å². The molecule has 0 radical (unpaired) electrons. The number of benzene rings is 10. The van der Waals surface area contributed by atoms with Crippen LogP contribution in [0.4, 0.5) is 11.4 Å². The SMILES string of the molecule is c1ccc(-c2ccc(-c3ccc4c(c3)C3(c5cc(-c6ccc(-c7ccccc7)cc6)ccc5-4)c4cc(C5Nc6ccccc6O5)ccc4-c4ccc(C5Nc6ccccc6O5)cc43)cc2)cc1. The lowest BCUT2D eigenvalue weighted by atomic mass is 9.69. The van der Waals surface area contributed by atoms with E-state index in [0.29, 0.717) is 0 Å². The molecule has 0 bridgehead atoms. The van der Waals surface area contributed by atoms with Gasteiger partial charge in [0.1, 0.15) is 11.5 Å². The van der Waals surface area contributed by atoms with Gasteiger partial charge in [0.15, 0.2) is 12.5 Å². The van der Waals surface area contributed by atoms with Crippen LogP contribution in [0.15, 0.2) is 231 Å². The zero-order valence-corrected chi connectivity index (χ0v) is 36.4. The average molecular weight is 859 g/mol. The van der Waals surface area contributed by atoms with Crippen molar-refractivity contribution >= 4 is 11.4 Å². The minimum absolute atomic E-state index is 0.335. The third kappa shape index (κ3) is 5.86. The Morgan fingerprint density at radius 3 is 1.00 bits per heavy atom. The first-order valence-corrected chi connectivity index (χ1v) is 23.1. The third-order valence-corrected chi connectivity index (χ3v) is 14.4. The molecule has 2 aliphatic heterocycles. The summed E-state index contributed by atoms with van der Waals surface area (Å²) in [5, 5.41) is 7.36. The first-order valence-electron chi connectivity index (χ1n) is 23.1. The number of ether oxygens (including phenoxy) is 2. The molecule has 4 aliphatic rings. The van der Waals surface area contributed by atoms with Crippen molar-refractivity contribution in [1.82, 2.24) is 0 Å². The van der Waals surface area contributed by atoms with Crippen molar-refractivity contribution in [3.05, 3.63) is 264 Å². The second-order valence-corrected chi connectivity index (χ2v) is 18.0. The van der Waals surface area contributed by atoms with Crippen LogP contribution in [0, 0.1) is 0 Å². The molecule has 2 heterocycles. The van der Waals surface area contributed by atoms with E-state index in [-0.39, 0.29) is 12.5 Å². The van der Waals surface area contributed by atoms with Crippen molar-refractivity contribution in [3.8, 4) is 78.3 Å². The van der Waals surface area contributed by atoms with Crippen LogP contribution >= 0.6 is 0 Å². The number of fused-ring (bicyclic) bond motifs is 12. The van der Waals surface area contributed by atoms with Crippen LogP contribution in [0.5, 0.6) is 11.5 Å². The maximum atomic E-state index is 6.64. The Kier molecular flexibility index (Phi) is 8.29. The van der Waals surface area contributed by atoms with Gasteiger partial charge < -0.3 is 20.1 Å². The second-order valence-electron chi connectivity index (χ2n) is 18.0. The molecule has 0 saturated heterocycles. The normalized spacial score (nSPS) is 16.1. The van der Waals surface area contributed by atoms with Crippen LogP contribution < -0.4 is 20.1 Å². The molecule has 2 N–H and O–H groups in total. The largest absolute Gasteiger partial charge is 0.464 e. The van der Waals surface area contributed by atoms with Crippen LogP contribution in [-0.4, -0.2) is 0 Å². The van der Waals surface area contributed by atoms with Crippen LogP contribution in [0.25, 0.3) is 66.8 Å². The lowest BCUT2D eigenvalue weighted by molar-refractivity contribution is 0.259. The lowest BCUT2D eigenvalue weighted by Crippen LogP contribution is -2.27. The molecular weight excluding hydrogens is 817 g/mol. The smallest absolute Gasteiger partial charge is 0.196 e. The molecule has 0 fully saturated rings. The molecule has 2 aliphatic carbocycles. The fourth-order valence-electron chi connectivity index (χ4n) is 11.2. The van der Waals surface area contributed by atoms with E-state index >= 15 is 0 Å². The van der Waals surface area contributed by atoms with Gasteiger partial charge in [0, 0.05) is 11.1 Å². The van der Waals surface area contributed by atoms with Gasteiger partial charge in [-0.15, -0.1) is 0 Å². The van der Waals surface area contributed by atoms with Gasteiger partial charge in [-0.1, -0.05) is 182 Å². The fraction of sp³-hybridized carbons (Fsp3) is 0.0476. The van der Waals surface area contributed by atoms with E-state index in [4.69, 9.17) is 9.47 Å². The van der Waals surface area contributed by atoms with E-state index < -0.39 is 5.41 Å². The van der Waals surface area contributed by atoms with Gasteiger partial charge in [-0.2, -0.15) is 0 Å². The van der Waals surface area contributed by atoms with Crippen LogP contribution in [0.3, 0.4) is 0 Å². The van der Waals surface area contributed by atoms with Crippen molar-refractivity contribution in [3.63, 3.8) is 0 Å². The molecule has 1 spiro atoms. The van der Waals surface area contributed by atoms with Crippen LogP contribution in [0.2, 0.25) is 0 Å². The highest BCUT2D eigenvalue weighted by atomic mass is 16.5. The number of nitrogens with one attached hydrogen (secondary N) is 2. The van der Waals surface area contributed by atoms with Crippen molar-refractivity contribution in [1.29, 1.82) is 0 Å². The highest BCUT2D eigenvalue weighted by molar-refractivity contribution is 5.97. The Morgan fingerprint density at radius 1 is 0.284 bits per heavy atom. The number of rotatable bonds is 6. The Morgan fingerprint density at radius 2 is 0.597 bits per heavy atom. The predicted octanol–water partition coefficient (Wildman–Crippen LogP) is 15.7. The van der Waals surface area contributed by atoms with Gasteiger partial charge in [0.25, 0.3) is 0 Å². The van der Waals surface area contributed by atoms with E-state index in [9.17, 15) is 0 Å². The molecule has 10 aromatic rings. The van der Waals surface area contributed by atoms with Crippen molar-refractivity contribution in [2.24, 2.45) is 0 Å². The Balaban J connectivity index is 0.989. The minimum Gasteiger partial charge on any atom is -0.464 e. The molecule has 4 nitrogen and oxygen atoms in total. The number of anilines is 2. The van der Waals surface area contributed by atoms with Gasteiger partial charge in [-0.3, -0.25) is 0 Å². The third-order valence-electron chi connectivity index (χ3n) is 14.4. The molecule has 2 unspecified atom stereocenters. The zero-order valence-electron chi connectivity index (χ0n) is 36.4. The van der Waals surface area contributed by atoms with Gasteiger partial charge in [0.05, 0.1) is 16.8 Å². The summed E-state index contributed by atoms with van der Waals surface area (Å²) >= 11 is 0. The van der Waals surface area contributed by atoms with Crippen molar-refractivity contribution < 1.29 is 9.47 Å². The van der Waals surface area contributed by atoms with Crippen LogP contribution in [0.1, 0.15) is 45.8 Å². The first kappa shape index (κ1) is 37.7. The molecule has 14 rings (SSSR count). The minimum atomic E-state index is -0.682.